The van der Waals surface area contributed by atoms with E-state index < -0.39 is 62.3 Å². The highest BCUT2D eigenvalue weighted by Gasteiger charge is 2.52. The van der Waals surface area contributed by atoms with E-state index in [1.165, 1.54) is 23.6 Å². The van der Waals surface area contributed by atoms with Crippen molar-refractivity contribution in [2.75, 3.05) is 46.1 Å². The quantitative estimate of drug-likeness (QED) is 0.0545. The Balaban J connectivity index is 1.32. The number of nitrogens with zero attached hydrogens (tertiary/aromatic N) is 4. The van der Waals surface area contributed by atoms with E-state index in [9.17, 15) is 22.8 Å². The maximum absolute atomic E-state index is 15.3. The van der Waals surface area contributed by atoms with Gasteiger partial charge in [0.05, 0.1) is 43.9 Å². The van der Waals surface area contributed by atoms with Crippen LogP contribution in [0, 0.1) is 17.5 Å². The van der Waals surface area contributed by atoms with Crippen molar-refractivity contribution in [3.05, 3.63) is 105 Å². The summed E-state index contributed by atoms with van der Waals surface area (Å²) in [6.45, 7) is 2.30. The number of halogens is 7. The van der Waals surface area contributed by atoms with Gasteiger partial charge in [-0.15, -0.1) is 0 Å². The van der Waals surface area contributed by atoms with E-state index in [0.717, 1.165) is 24.5 Å². The Morgan fingerprint density at radius 1 is 0.859 bits per heavy atom. The fraction of sp³-hybridized carbons (Fsp3) is 0.465. The highest BCUT2D eigenvalue weighted by molar-refractivity contribution is 6.68. The molecule has 6 rings (SSSR count). The lowest BCUT2D eigenvalue weighted by atomic mass is 9.81. The summed E-state index contributed by atoms with van der Waals surface area (Å²) in [5.74, 6) is -4.80. The Kier molecular flexibility index (Phi) is 16.6. The standard InChI is InChI=1S/C43H47Cl4F3N4O10/c1-42(2,43(45,46)47)64-41(57)53-30-22-31(27-11-9-26(10-12-27)6-5-17-61-38-34(49)16-15-33(48)37(38)50)36(39(55)52(29-13-14-29)23-28-7-3-4-8-32(28)44)35(53)25-51(24-30)40(56)62-20-18-60-19-21-63-54(58)59/h3-4,7-12,15-16,29-30,35,58-59H,5-6,13-14,17-25H2,1-2H3. The zero-order valence-electron chi connectivity index (χ0n) is 34.8. The van der Waals surface area contributed by atoms with Crippen LogP contribution in [-0.4, -0.2) is 122 Å². The minimum Gasteiger partial charge on any atom is -0.488 e. The van der Waals surface area contributed by atoms with E-state index in [1.807, 2.05) is 36.4 Å². The number of carbonyl (C=O) groups is 3. The normalized spacial score (nSPS) is 17.8. The lowest BCUT2D eigenvalue weighted by Crippen LogP contribution is -2.66. The fourth-order valence-electron chi connectivity index (χ4n) is 7.45. The van der Waals surface area contributed by atoms with Gasteiger partial charge in [-0.3, -0.25) is 20.1 Å². The average Bonchev–Trinajstić information content (AvgIpc) is 4.08. The molecule has 0 radical (unpaired) electrons. The van der Waals surface area contributed by atoms with Crippen molar-refractivity contribution in [2.24, 2.45) is 0 Å². The SMILES string of the molecule is CC(C)(OC(=O)N1C2CC(c3ccc(CCCOc4c(F)ccc(F)c4F)cc3)=C(C(=O)N(Cc3ccccc3Cl)C3CC3)C1CN(C(=O)OCCOCCON(O)O)C2)C(Cl)(Cl)Cl. The molecule has 14 nitrogen and oxygen atoms in total. The van der Waals surface area contributed by atoms with Gasteiger partial charge >= 0.3 is 12.2 Å². The number of carbonyl (C=O) groups excluding carboxylic acids is 3. The molecule has 3 aliphatic rings. The van der Waals surface area contributed by atoms with Gasteiger partial charge in [-0.25, -0.2) is 23.2 Å². The Morgan fingerprint density at radius 3 is 2.22 bits per heavy atom. The highest BCUT2D eigenvalue weighted by Crippen LogP contribution is 2.45. The summed E-state index contributed by atoms with van der Waals surface area (Å²) in [4.78, 5) is 52.3. The third-order valence-corrected chi connectivity index (χ3v) is 12.7. The molecule has 1 saturated carbocycles. The summed E-state index contributed by atoms with van der Waals surface area (Å²) in [6.07, 6.45) is 0.716. The minimum atomic E-state index is -2.04. The number of hydrogen-bond acceptors (Lipinski definition) is 11. The zero-order valence-corrected chi connectivity index (χ0v) is 37.8. The van der Waals surface area contributed by atoms with Crippen molar-refractivity contribution in [3.8, 4) is 5.75 Å². The first kappa shape index (κ1) is 49.4. The van der Waals surface area contributed by atoms with Crippen LogP contribution in [-0.2, 0) is 36.8 Å². The summed E-state index contributed by atoms with van der Waals surface area (Å²) < 4.78 is 61.8. The molecule has 2 fully saturated rings. The topological polar surface area (TPSA) is 151 Å². The molecule has 3 aromatic carbocycles. The van der Waals surface area contributed by atoms with Crippen molar-refractivity contribution in [1.29, 1.82) is 0 Å². The lowest BCUT2D eigenvalue weighted by Gasteiger charge is -2.51. The first-order valence-electron chi connectivity index (χ1n) is 20.4. The predicted octanol–water partition coefficient (Wildman–Crippen LogP) is 8.92. The zero-order chi connectivity index (χ0) is 46.3. The van der Waals surface area contributed by atoms with Gasteiger partial charge in [0.15, 0.2) is 23.0 Å². The van der Waals surface area contributed by atoms with E-state index in [0.29, 0.717) is 40.6 Å². The van der Waals surface area contributed by atoms with Crippen molar-refractivity contribution in [3.63, 3.8) is 0 Å². The molecule has 2 bridgehead atoms. The van der Waals surface area contributed by atoms with Crippen LogP contribution in [0.4, 0.5) is 22.8 Å². The predicted molar refractivity (Wildman–Crippen MR) is 229 cm³/mol. The Labute approximate surface area is 387 Å². The van der Waals surface area contributed by atoms with E-state index in [2.05, 4.69) is 4.84 Å². The molecule has 21 heteroatoms. The Morgan fingerprint density at radius 2 is 1.55 bits per heavy atom. The van der Waals surface area contributed by atoms with Gasteiger partial charge < -0.3 is 28.7 Å². The Hall–Kier alpha value is -4.04. The van der Waals surface area contributed by atoms with Crippen LogP contribution in [0.5, 0.6) is 5.75 Å². The second kappa shape index (κ2) is 21.5. The van der Waals surface area contributed by atoms with Gasteiger partial charge in [-0.2, -0.15) is 4.39 Å². The van der Waals surface area contributed by atoms with Crippen LogP contribution < -0.4 is 4.74 Å². The molecule has 2 heterocycles. The molecule has 2 N–H and O–H groups in total. The monoisotopic (exact) mass is 976 g/mol. The molecule has 1 aliphatic carbocycles. The molecule has 2 aliphatic heterocycles. The molecule has 2 atom stereocenters. The van der Waals surface area contributed by atoms with Crippen molar-refractivity contribution < 1.29 is 61.8 Å². The first-order valence-corrected chi connectivity index (χ1v) is 21.9. The van der Waals surface area contributed by atoms with Crippen LogP contribution in [0.2, 0.25) is 5.02 Å². The molecule has 0 aromatic heterocycles. The Bertz CT molecular complexity index is 2180. The van der Waals surface area contributed by atoms with E-state index >= 15 is 4.79 Å². The van der Waals surface area contributed by atoms with E-state index in [1.54, 1.807) is 17.0 Å². The van der Waals surface area contributed by atoms with Gasteiger partial charge in [0.1, 0.15) is 6.61 Å². The molecule has 3 amide bonds. The average molecular weight is 979 g/mol. The third-order valence-electron chi connectivity index (χ3n) is 11.0. The summed E-state index contributed by atoms with van der Waals surface area (Å²) in [5, 5.41) is 17.4. The van der Waals surface area contributed by atoms with Crippen LogP contribution >= 0.6 is 46.4 Å². The largest absolute Gasteiger partial charge is 0.488 e. The highest BCUT2D eigenvalue weighted by atomic mass is 35.6. The maximum atomic E-state index is 15.3. The summed E-state index contributed by atoms with van der Waals surface area (Å²) in [6, 6.07) is 14.0. The smallest absolute Gasteiger partial charge is 0.411 e. The third kappa shape index (κ3) is 12.2. The van der Waals surface area contributed by atoms with Crippen LogP contribution in [0.1, 0.15) is 56.2 Å². The number of aryl methyl sites for hydroxylation is 1. The molecular weight excluding hydrogens is 931 g/mol. The van der Waals surface area contributed by atoms with Gasteiger partial charge in [0.2, 0.25) is 9.61 Å². The molecular formula is C43H47Cl4F3N4O10. The second-order valence-electron chi connectivity index (χ2n) is 15.8. The maximum Gasteiger partial charge on any atom is 0.411 e. The van der Waals surface area contributed by atoms with Crippen molar-refractivity contribution in [2.45, 2.75) is 80.0 Å². The summed E-state index contributed by atoms with van der Waals surface area (Å²) >= 11 is 25.3. The van der Waals surface area contributed by atoms with E-state index in [-0.39, 0.29) is 76.6 Å². The lowest BCUT2D eigenvalue weighted by molar-refractivity contribution is -0.493. The number of alkyl halides is 3. The van der Waals surface area contributed by atoms with E-state index in [4.69, 9.17) is 75.8 Å². The number of amides is 3. The van der Waals surface area contributed by atoms with Gasteiger partial charge in [0, 0.05) is 36.3 Å². The number of fused-ring (bicyclic) bond motifs is 2. The number of benzene rings is 3. The van der Waals surface area contributed by atoms with Gasteiger partial charge in [-0.05, 0) is 86.4 Å². The van der Waals surface area contributed by atoms with Crippen molar-refractivity contribution in [1.82, 2.24) is 20.1 Å². The number of rotatable bonds is 18. The van der Waals surface area contributed by atoms with Crippen LogP contribution in [0.3, 0.4) is 0 Å². The molecule has 64 heavy (non-hydrogen) atoms. The van der Waals surface area contributed by atoms with Gasteiger partial charge in [-0.1, -0.05) is 88.9 Å². The summed E-state index contributed by atoms with van der Waals surface area (Å²) in [5.41, 5.74) is 1.47. The molecule has 0 spiro atoms. The fourth-order valence-corrected chi connectivity index (χ4v) is 7.76. The number of piperazine rings is 1. The molecule has 3 aromatic rings. The molecule has 1 saturated heterocycles. The summed E-state index contributed by atoms with van der Waals surface area (Å²) in [7, 11) is 0. The number of hydrogen-bond donors (Lipinski definition) is 2. The number of ether oxygens (including phenoxy) is 4. The minimum absolute atomic E-state index is 0.0301. The van der Waals surface area contributed by atoms with Gasteiger partial charge in [0.25, 0.3) is 5.91 Å². The molecule has 2 unspecified atom stereocenters. The molecule has 348 valence electrons. The van der Waals surface area contributed by atoms with Crippen molar-refractivity contribution >= 4 is 70.1 Å². The van der Waals surface area contributed by atoms with Crippen LogP contribution in [0.15, 0.2) is 66.2 Å². The van der Waals surface area contributed by atoms with Crippen LogP contribution in [0.25, 0.3) is 5.57 Å². The second-order valence-corrected chi connectivity index (χ2v) is 18.5. The first-order chi connectivity index (χ1) is 30.4.